The third-order valence-electron chi connectivity index (χ3n) is 2.24. The van der Waals surface area contributed by atoms with Gasteiger partial charge in [0.25, 0.3) is 0 Å². The molecule has 1 unspecified atom stereocenters. The predicted molar refractivity (Wildman–Crippen MR) is 67.0 cm³/mol. The predicted octanol–water partition coefficient (Wildman–Crippen LogP) is 1.37. The van der Waals surface area contributed by atoms with E-state index in [1.165, 1.54) is 0 Å². The molecule has 1 aromatic carbocycles. The molecule has 3 N–H and O–H groups in total. The molecule has 1 atom stereocenters. The summed E-state index contributed by atoms with van der Waals surface area (Å²) in [4.78, 5) is 1.87. The van der Waals surface area contributed by atoms with E-state index in [1.807, 2.05) is 18.0 Å². The topological polar surface area (TPSA) is 58.7 Å². The summed E-state index contributed by atoms with van der Waals surface area (Å²) in [7, 11) is 3.42. The van der Waals surface area contributed by atoms with Gasteiger partial charge < -0.3 is 20.5 Å². The van der Waals surface area contributed by atoms with E-state index in [0.717, 1.165) is 5.69 Å². The van der Waals surface area contributed by atoms with E-state index in [9.17, 15) is 5.11 Å². The lowest BCUT2D eigenvalue weighted by molar-refractivity contribution is 0.0695. The maximum Gasteiger partial charge on any atom is 0.0947 e. The van der Waals surface area contributed by atoms with E-state index in [0.29, 0.717) is 23.9 Å². The lowest BCUT2D eigenvalue weighted by Gasteiger charge is -2.23. The number of hydrogen-bond acceptors (Lipinski definition) is 4. The van der Waals surface area contributed by atoms with Crippen LogP contribution in [-0.2, 0) is 4.74 Å². The van der Waals surface area contributed by atoms with Gasteiger partial charge >= 0.3 is 0 Å². The molecule has 5 heteroatoms. The Kier molecular flexibility index (Phi) is 4.86. The first-order valence-corrected chi connectivity index (χ1v) is 5.35. The average molecular weight is 245 g/mol. The number of aliphatic hydroxyl groups excluding tert-OH is 1. The molecule has 0 amide bonds. The van der Waals surface area contributed by atoms with Crippen molar-refractivity contribution in [1.82, 2.24) is 0 Å². The van der Waals surface area contributed by atoms with Crippen LogP contribution >= 0.6 is 11.6 Å². The van der Waals surface area contributed by atoms with Crippen molar-refractivity contribution in [2.45, 2.75) is 6.10 Å². The fraction of sp³-hybridized carbons (Fsp3) is 0.455. The molecule has 0 fully saturated rings. The summed E-state index contributed by atoms with van der Waals surface area (Å²) in [5.41, 5.74) is 7.28. The summed E-state index contributed by atoms with van der Waals surface area (Å²) in [5.74, 6) is 0. The van der Waals surface area contributed by atoms with Crippen LogP contribution in [0.2, 0.25) is 5.02 Å². The monoisotopic (exact) mass is 244 g/mol. The van der Waals surface area contributed by atoms with Crippen LogP contribution in [0.3, 0.4) is 0 Å². The van der Waals surface area contributed by atoms with Crippen LogP contribution in [-0.4, -0.2) is 38.5 Å². The number of nitrogen functional groups attached to an aromatic ring is 1. The van der Waals surface area contributed by atoms with Gasteiger partial charge in [-0.15, -0.1) is 0 Å². The van der Waals surface area contributed by atoms with Crippen molar-refractivity contribution in [2.24, 2.45) is 0 Å². The van der Waals surface area contributed by atoms with Crippen molar-refractivity contribution in [3.8, 4) is 0 Å². The smallest absolute Gasteiger partial charge is 0.0947 e. The quantitative estimate of drug-likeness (QED) is 0.768. The van der Waals surface area contributed by atoms with Crippen molar-refractivity contribution < 1.29 is 9.84 Å². The van der Waals surface area contributed by atoms with E-state index >= 15 is 0 Å². The molecule has 0 bridgehead atoms. The number of nitrogens with two attached hydrogens (primary N) is 1. The highest BCUT2D eigenvalue weighted by atomic mass is 35.5. The van der Waals surface area contributed by atoms with Gasteiger partial charge in [-0.3, -0.25) is 0 Å². The maximum absolute atomic E-state index is 9.59. The van der Waals surface area contributed by atoms with Crippen molar-refractivity contribution >= 4 is 23.0 Å². The number of aliphatic hydroxyl groups is 1. The van der Waals surface area contributed by atoms with Crippen molar-refractivity contribution in [3.63, 3.8) is 0 Å². The normalized spacial score (nSPS) is 12.5. The Morgan fingerprint density at radius 1 is 1.56 bits per heavy atom. The number of hydrogen-bond donors (Lipinski definition) is 2. The average Bonchev–Trinajstić information content (AvgIpc) is 2.17. The molecule has 0 radical (unpaired) electrons. The molecule has 16 heavy (non-hydrogen) atoms. The SMILES string of the molecule is COCC(O)CN(C)c1ccc(Cl)cc1N. The largest absolute Gasteiger partial charge is 0.397 e. The van der Waals surface area contributed by atoms with Gasteiger partial charge in [-0.05, 0) is 18.2 Å². The lowest BCUT2D eigenvalue weighted by Crippen LogP contribution is -2.32. The molecule has 1 rings (SSSR count). The molecule has 1 aromatic rings. The van der Waals surface area contributed by atoms with Crippen LogP contribution in [0.4, 0.5) is 11.4 Å². The first-order valence-electron chi connectivity index (χ1n) is 4.97. The summed E-state index contributed by atoms with van der Waals surface area (Å²) < 4.78 is 4.86. The van der Waals surface area contributed by atoms with E-state index in [-0.39, 0.29) is 0 Å². The Morgan fingerprint density at radius 2 is 2.25 bits per heavy atom. The van der Waals surface area contributed by atoms with Crippen LogP contribution in [0.1, 0.15) is 0 Å². The lowest BCUT2D eigenvalue weighted by atomic mass is 10.2. The standard InChI is InChI=1S/C11H17ClN2O2/c1-14(6-9(15)7-16-2)11-4-3-8(12)5-10(11)13/h3-5,9,15H,6-7,13H2,1-2H3. The number of likely N-dealkylation sites (N-methyl/N-ethyl adjacent to an activating group) is 1. The molecule has 0 aliphatic heterocycles. The summed E-state index contributed by atoms with van der Waals surface area (Å²) in [6.07, 6.45) is -0.537. The molecule has 0 aromatic heterocycles. The maximum atomic E-state index is 9.59. The van der Waals surface area contributed by atoms with E-state index in [2.05, 4.69) is 0 Å². The zero-order chi connectivity index (χ0) is 12.1. The van der Waals surface area contributed by atoms with Gasteiger partial charge in [0.15, 0.2) is 0 Å². The Hall–Kier alpha value is -0.970. The van der Waals surface area contributed by atoms with E-state index in [1.54, 1.807) is 19.2 Å². The summed E-state index contributed by atoms with van der Waals surface area (Å²) in [6, 6.07) is 5.29. The Bertz CT molecular complexity index is 347. The third kappa shape index (κ3) is 3.56. The Balaban J connectivity index is 2.69. The van der Waals surface area contributed by atoms with Crippen LogP contribution in [0.15, 0.2) is 18.2 Å². The first-order chi connectivity index (χ1) is 7.54. The number of benzene rings is 1. The zero-order valence-corrected chi connectivity index (χ0v) is 10.2. The molecule has 0 aliphatic carbocycles. The van der Waals surface area contributed by atoms with Gasteiger partial charge in [-0.25, -0.2) is 0 Å². The summed E-state index contributed by atoms with van der Waals surface area (Å²) in [6.45, 7) is 0.761. The van der Waals surface area contributed by atoms with Crippen LogP contribution < -0.4 is 10.6 Å². The van der Waals surface area contributed by atoms with Gasteiger partial charge in [0, 0.05) is 25.7 Å². The van der Waals surface area contributed by atoms with E-state index < -0.39 is 6.10 Å². The highest BCUT2D eigenvalue weighted by molar-refractivity contribution is 6.31. The summed E-state index contributed by atoms with van der Waals surface area (Å²) in [5, 5.41) is 10.2. The van der Waals surface area contributed by atoms with Gasteiger partial charge in [0.1, 0.15) is 0 Å². The van der Waals surface area contributed by atoms with Gasteiger partial charge in [0.05, 0.1) is 24.1 Å². The van der Waals surface area contributed by atoms with Crippen LogP contribution in [0.5, 0.6) is 0 Å². The molecule has 0 heterocycles. The van der Waals surface area contributed by atoms with Gasteiger partial charge in [-0.2, -0.15) is 0 Å². The first kappa shape index (κ1) is 13.1. The Morgan fingerprint density at radius 3 is 2.81 bits per heavy atom. The van der Waals surface area contributed by atoms with Crippen LogP contribution in [0.25, 0.3) is 0 Å². The van der Waals surface area contributed by atoms with E-state index in [4.69, 9.17) is 22.1 Å². The minimum Gasteiger partial charge on any atom is -0.397 e. The van der Waals surface area contributed by atoms with Crippen molar-refractivity contribution in [3.05, 3.63) is 23.2 Å². The zero-order valence-electron chi connectivity index (χ0n) is 9.48. The molecule has 0 spiro atoms. The highest BCUT2D eigenvalue weighted by Gasteiger charge is 2.10. The minimum absolute atomic E-state index is 0.303. The number of methoxy groups -OCH3 is 1. The number of anilines is 2. The van der Waals surface area contributed by atoms with Crippen molar-refractivity contribution in [1.29, 1.82) is 0 Å². The van der Waals surface area contributed by atoms with Crippen molar-refractivity contribution in [2.75, 3.05) is 37.9 Å². The molecule has 0 saturated heterocycles. The molecular formula is C11H17ClN2O2. The third-order valence-corrected chi connectivity index (χ3v) is 2.48. The fourth-order valence-corrected chi connectivity index (χ4v) is 1.71. The second-order valence-corrected chi connectivity index (χ2v) is 4.13. The second-order valence-electron chi connectivity index (χ2n) is 3.69. The van der Waals surface area contributed by atoms with Gasteiger partial charge in [-0.1, -0.05) is 11.6 Å². The molecule has 4 nitrogen and oxygen atoms in total. The van der Waals surface area contributed by atoms with Gasteiger partial charge in [0.2, 0.25) is 0 Å². The molecule has 0 aliphatic rings. The number of ether oxygens (including phenoxy) is 1. The number of halogens is 1. The number of nitrogens with zero attached hydrogens (tertiary/aromatic N) is 1. The highest BCUT2D eigenvalue weighted by Crippen LogP contribution is 2.25. The number of rotatable bonds is 5. The Labute approximate surface area is 101 Å². The second kappa shape index (κ2) is 5.94. The molecule has 0 saturated carbocycles. The fourth-order valence-electron chi connectivity index (χ4n) is 1.53. The summed E-state index contributed by atoms with van der Waals surface area (Å²) >= 11 is 5.81. The van der Waals surface area contributed by atoms with Crippen LogP contribution in [0, 0.1) is 0 Å². The minimum atomic E-state index is -0.537. The molecule has 90 valence electrons. The molecular weight excluding hydrogens is 228 g/mol.